The van der Waals surface area contributed by atoms with Crippen molar-refractivity contribution in [1.29, 1.82) is 0 Å². The van der Waals surface area contributed by atoms with Gasteiger partial charge in [-0.05, 0) is 26.5 Å². The molecule has 1 saturated heterocycles. The molecule has 1 aliphatic heterocycles. The molecule has 0 amide bonds. The molecule has 0 bridgehead atoms. The molecular weight excluding hydrogens is 236 g/mol. The second-order valence-corrected chi connectivity index (χ2v) is 5.67. The van der Waals surface area contributed by atoms with Gasteiger partial charge in [0.2, 0.25) is 0 Å². The van der Waals surface area contributed by atoms with Crippen LogP contribution in [0.25, 0.3) is 0 Å². The van der Waals surface area contributed by atoms with Crippen LogP contribution in [-0.2, 0) is 4.79 Å². The van der Waals surface area contributed by atoms with Gasteiger partial charge in [-0.3, -0.25) is 9.69 Å². The summed E-state index contributed by atoms with van der Waals surface area (Å²) in [7, 11) is 2.16. The van der Waals surface area contributed by atoms with E-state index in [1.807, 2.05) is 0 Å². The van der Waals surface area contributed by atoms with Gasteiger partial charge in [-0.2, -0.15) is 0 Å². The number of piperazine rings is 1. The van der Waals surface area contributed by atoms with E-state index < -0.39 is 0 Å². The number of hydrogen-bond donors (Lipinski definition) is 0. The largest absolute Gasteiger partial charge is 0.304 e. The topological polar surface area (TPSA) is 23.6 Å². The molecule has 0 aliphatic carbocycles. The Bertz CT molecular complexity index is 419. The fraction of sp³-hybridized carbons (Fsp3) is 0.562. The third-order valence-electron chi connectivity index (χ3n) is 3.92. The predicted molar refractivity (Wildman–Crippen MR) is 78.3 cm³/mol. The standard InChI is InChI=1S/C16H24N2O/c1-13-4-6-15(7-5-13)16(12-14(2)19)18-10-8-17(3)9-11-18/h4-7,16H,8-12H2,1-3H3. The zero-order valence-electron chi connectivity index (χ0n) is 12.2. The Morgan fingerprint density at radius 2 is 1.74 bits per heavy atom. The van der Waals surface area contributed by atoms with E-state index in [0.29, 0.717) is 6.42 Å². The summed E-state index contributed by atoms with van der Waals surface area (Å²) in [5.74, 6) is 0.268. The van der Waals surface area contributed by atoms with Crippen LogP contribution >= 0.6 is 0 Å². The van der Waals surface area contributed by atoms with Crippen LogP contribution in [0.2, 0.25) is 0 Å². The van der Waals surface area contributed by atoms with Gasteiger partial charge in [0.15, 0.2) is 0 Å². The predicted octanol–water partition coefficient (Wildman–Crippen LogP) is 2.26. The van der Waals surface area contributed by atoms with Crippen molar-refractivity contribution in [1.82, 2.24) is 9.80 Å². The highest BCUT2D eigenvalue weighted by atomic mass is 16.1. The van der Waals surface area contributed by atoms with Crippen molar-refractivity contribution in [3.63, 3.8) is 0 Å². The molecule has 1 aromatic rings. The molecule has 104 valence electrons. The van der Waals surface area contributed by atoms with Gasteiger partial charge < -0.3 is 4.90 Å². The average molecular weight is 260 g/mol. The highest BCUT2D eigenvalue weighted by Gasteiger charge is 2.24. The van der Waals surface area contributed by atoms with Crippen LogP contribution in [0.15, 0.2) is 24.3 Å². The van der Waals surface area contributed by atoms with E-state index in [-0.39, 0.29) is 11.8 Å². The van der Waals surface area contributed by atoms with Gasteiger partial charge in [0.1, 0.15) is 5.78 Å². The summed E-state index contributed by atoms with van der Waals surface area (Å²) >= 11 is 0. The fourth-order valence-electron chi connectivity index (χ4n) is 2.65. The zero-order chi connectivity index (χ0) is 13.8. The monoisotopic (exact) mass is 260 g/mol. The SMILES string of the molecule is CC(=O)CC(c1ccc(C)cc1)N1CCN(C)CC1. The molecule has 1 aromatic carbocycles. The highest BCUT2D eigenvalue weighted by Crippen LogP contribution is 2.26. The maximum Gasteiger partial charge on any atom is 0.131 e. The van der Waals surface area contributed by atoms with Crippen LogP contribution in [0.1, 0.15) is 30.5 Å². The summed E-state index contributed by atoms with van der Waals surface area (Å²) < 4.78 is 0. The van der Waals surface area contributed by atoms with Crippen molar-refractivity contribution in [2.45, 2.75) is 26.3 Å². The van der Waals surface area contributed by atoms with Gasteiger partial charge in [0.05, 0.1) is 0 Å². The molecular formula is C16H24N2O. The van der Waals surface area contributed by atoms with E-state index in [1.54, 1.807) is 6.92 Å². The third kappa shape index (κ3) is 3.88. The molecule has 1 aliphatic rings. The first-order valence-corrected chi connectivity index (χ1v) is 7.05. The zero-order valence-corrected chi connectivity index (χ0v) is 12.2. The highest BCUT2D eigenvalue weighted by molar-refractivity contribution is 5.76. The van der Waals surface area contributed by atoms with E-state index in [2.05, 4.69) is 48.0 Å². The number of hydrogen-bond acceptors (Lipinski definition) is 3. The van der Waals surface area contributed by atoms with Gasteiger partial charge in [0.25, 0.3) is 0 Å². The molecule has 0 radical (unpaired) electrons. The molecule has 0 aromatic heterocycles. The second-order valence-electron chi connectivity index (χ2n) is 5.67. The lowest BCUT2D eigenvalue weighted by molar-refractivity contribution is -0.118. The van der Waals surface area contributed by atoms with Gasteiger partial charge >= 0.3 is 0 Å². The lowest BCUT2D eigenvalue weighted by Crippen LogP contribution is -2.46. The summed E-state index contributed by atoms with van der Waals surface area (Å²) in [4.78, 5) is 16.4. The van der Waals surface area contributed by atoms with Crippen molar-refractivity contribution in [2.75, 3.05) is 33.2 Å². The summed E-state index contributed by atoms with van der Waals surface area (Å²) in [6.45, 7) is 8.04. The Morgan fingerprint density at radius 3 is 2.26 bits per heavy atom. The van der Waals surface area contributed by atoms with Gasteiger partial charge in [-0.25, -0.2) is 0 Å². The van der Waals surface area contributed by atoms with E-state index in [4.69, 9.17) is 0 Å². The van der Waals surface area contributed by atoms with Gasteiger partial charge in [-0.1, -0.05) is 29.8 Å². The van der Waals surface area contributed by atoms with Crippen molar-refractivity contribution in [3.05, 3.63) is 35.4 Å². The fourth-order valence-corrected chi connectivity index (χ4v) is 2.65. The third-order valence-corrected chi connectivity index (χ3v) is 3.92. The molecule has 1 atom stereocenters. The van der Waals surface area contributed by atoms with E-state index in [0.717, 1.165) is 26.2 Å². The van der Waals surface area contributed by atoms with E-state index >= 15 is 0 Å². The van der Waals surface area contributed by atoms with Crippen LogP contribution in [0.5, 0.6) is 0 Å². The molecule has 0 spiro atoms. The van der Waals surface area contributed by atoms with E-state index in [1.165, 1.54) is 11.1 Å². The van der Waals surface area contributed by atoms with Crippen molar-refractivity contribution in [2.24, 2.45) is 0 Å². The number of benzene rings is 1. The smallest absolute Gasteiger partial charge is 0.131 e. The molecule has 1 unspecified atom stereocenters. The van der Waals surface area contributed by atoms with Crippen molar-refractivity contribution in [3.8, 4) is 0 Å². The minimum absolute atomic E-state index is 0.242. The lowest BCUT2D eigenvalue weighted by Gasteiger charge is -2.38. The molecule has 19 heavy (non-hydrogen) atoms. The molecule has 1 heterocycles. The number of carbonyl (C=O) groups is 1. The number of carbonyl (C=O) groups excluding carboxylic acids is 1. The Balaban J connectivity index is 2.15. The number of aryl methyl sites for hydroxylation is 1. The Hall–Kier alpha value is -1.19. The number of Topliss-reactive ketones (excluding diaryl/α,β-unsaturated/α-hetero) is 1. The molecule has 3 nitrogen and oxygen atoms in total. The van der Waals surface area contributed by atoms with Gasteiger partial charge in [-0.15, -0.1) is 0 Å². The lowest BCUT2D eigenvalue weighted by atomic mass is 9.98. The molecule has 0 N–H and O–H groups in total. The van der Waals surface area contributed by atoms with E-state index in [9.17, 15) is 4.79 Å². The maximum atomic E-state index is 11.6. The van der Waals surface area contributed by atoms with Crippen LogP contribution in [0, 0.1) is 6.92 Å². The number of likely N-dealkylation sites (N-methyl/N-ethyl adjacent to an activating group) is 1. The summed E-state index contributed by atoms with van der Waals surface area (Å²) in [5, 5.41) is 0. The minimum Gasteiger partial charge on any atom is -0.304 e. The van der Waals surface area contributed by atoms with Gasteiger partial charge in [0, 0.05) is 38.6 Å². The number of rotatable bonds is 4. The molecule has 3 heteroatoms. The first-order valence-electron chi connectivity index (χ1n) is 7.05. The van der Waals surface area contributed by atoms with Crippen LogP contribution < -0.4 is 0 Å². The summed E-state index contributed by atoms with van der Waals surface area (Å²) in [6, 6.07) is 8.85. The average Bonchev–Trinajstić information content (AvgIpc) is 2.38. The van der Waals surface area contributed by atoms with Crippen molar-refractivity contribution < 1.29 is 4.79 Å². The van der Waals surface area contributed by atoms with Crippen LogP contribution in [0.3, 0.4) is 0 Å². The van der Waals surface area contributed by atoms with Crippen LogP contribution in [-0.4, -0.2) is 48.8 Å². The summed E-state index contributed by atoms with van der Waals surface area (Å²) in [5.41, 5.74) is 2.54. The minimum atomic E-state index is 0.242. The first kappa shape index (κ1) is 14.2. The first-order chi connectivity index (χ1) is 9.06. The summed E-state index contributed by atoms with van der Waals surface area (Å²) in [6.07, 6.45) is 0.618. The Kier molecular flexibility index (Phi) is 4.72. The molecule has 0 saturated carbocycles. The molecule has 2 rings (SSSR count). The Morgan fingerprint density at radius 1 is 1.16 bits per heavy atom. The van der Waals surface area contributed by atoms with Crippen LogP contribution in [0.4, 0.5) is 0 Å². The second kappa shape index (κ2) is 6.31. The molecule has 1 fully saturated rings. The maximum absolute atomic E-state index is 11.6. The normalized spacial score (nSPS) is 19.3. The van der Waals surface area contributed by atoms with Crippen molar-refractivity contribution >= 4 is 5.78 Å². The number of ketones is 1. The number of nitrogens with zero attached hydrogens (tertiary/aromatic N) is 2. The Labute approximate surface area is 116 Å². The quantitative estimate of drug-likeness (QED) is 0.829.